The van der Waals surface area contributed by atoms with Gasteiger partial charge in [-0.15, -0.1) is 0 Å². The molecule has 56 heavy (non-hydrogen) atoms. The van der Waals surface area contributed by atoms with E-state index in [2.05, 4.69) is 40.6 Å². The number of aromatic amines is 1. The average Bonchev–Trinajstić information content (AvgIpc) is 3.15. The van der Waals surface area contributed by atoms with Crippen molar-refractivity contribution in [1.29, 1.82) is 0 Å². The molecule has 0 fully saturated rings. The fourth-order valence-electron chi connectivity index (χ4n) is 4.59. The first-order valence-corrected chi connectivity index (χ1v) is 17.2. The van der Waals surface area contributed by atoms with Gasteiger partial charge in [0, 0.05) is 35.7 Å². The number of nitrogens with one attached hydrogen (secondary N) is 3. The number of benzene rings is 1. The summed E-state index contributed by atoms with van der Waals surface area (Å²) in [5.41, 5.74) is 11.9. The number of ether oxygens (including phenoxy) is 4. The number of amides is 3. The lowest BCUT2D eigenvalue weighted by Crippen LogP contribution is -2.43. The molecule has 0 spiro atoms. The molecule has 0 radical (unpaired) electrons. The Morgan fingerprint density at radius 3 is 2.32 bits per heavy atom. The third kappa shape index (κ3) is 15.1. The van der Waals surface area contributed by atoms with Gasteiger partial charge >= 0.3 is 18.1 Å². The maximum Gasteiger partial charge on any atom is 0.471 e. The third-order valence-corrected chi connectivity index (χ3v) is 7.26. The molecule has 0 aliphatic rings. The van der Waals surface area contributed by atoms with Crippen LogP contribution in [0.1, 0.15) is 42.7 Å². The molecule has 3 amide bonds. The number of alkyl halides is 3. The predicted octanol–water partition coefficient (Wildman–Crippen LogP) is 1.94. The largest absolute Gasteiger partial charge is 0.471 e. The molecule has 0 saturated heterocycles. The van der Waals surface area contributed by atoms with Crippen molar-refractivity contribution < 1.29 is 51.3 Å². The number of nitrogen functional groups attached to an aromatic ring is 1. The van der Waals surface area contributed by atoms with Gasteiger partial charge in [-0.25, -0.2) is 14.8 Å². The zero-order valence-corrected chi connectivity index (χ0v) is 30.5. The highest BCUT2D eigenvalue weighted by Crippen LogP contribution is 2.26. The lowest BCUT2D eigenvalue weighted by Gasteiger charge is -2.24. The third-order valence-electron chi connectivity index (χ3n) is 7.26. The average molecular weight is 794 g/mol. The highest BCUT2D eigenvalue weighted by atomic mass is 19.4. The Morgan fingerprint density at radius 1 is 1.02 bits per heavy atom. The van der Waals surface area contributed by atoms with Crippen LogP contribution in [-0.2, 0) is 39.9 Å². The number of nitrogens with zero attached hydrogens (tertiary/aromatic N) is 7. The minimum absolute atomic E-state index is 0.0284. The van der Waals surface area contributed by atoms with E-state index < -0.39 is 48.0 Å². The molecule has 3 rings (SSSR count). The fraction of sp³-hybridized carbons (Fsp3) is 0.515. The van der Waals surface area contributed by atoms with Crippen molar-refractivity contribution in [1.82, 2.24) is 30.6 Å². The molecule has 23 heteroatoms. The number of aromatic nitrogens is 4. The van der Waals surface area contributed by atoms with Crippen molar-refractivity contribution in [2.75, 3.05) is 70.0 Å². The second-order valence-electron chi connectivity index (χ2n) is 12.2. The van der Waals surface area contributed by atoms with Gasteiger partial charge in [0.25, 0.3) is 11.5 Å². The van der Waals surface area contributed by atoms with Gasteiger partial charge in [-0.05, 0) is 42.1 Å². The van der Waals surface area contributed by atoms with E-state index >= 15 is 0 Å². The van der Waals surface area contributed by atoms with Gasteiger partial charge in [-0.1, -0.05) is 19.0 Å². The number of hydrogen-bond acceptors (Lipinski definition) is 14. The summed E-state index contributed by atoms with van der Waals surface area (Å²) < 4.78 is 62.2. The Bertz CT molecular complexity index is 1890. The van der Waals surface area contributed by atoms with E-state index in [9.17, 15) is 37.1 Å². The first kappa shape index (κ1) is 44.5. The highest BCUT2D eigenvalue weighted by molar-refractivity contribution is 5.99. The first-order chi connectivity index (χ1) is 26.7. The minimum Gasteiger partial charge on any atom is -0.464 e. The van der Waals surface area contributed by atoms with Crippen LogP contribution in [-0.4, -0.2) is 115 Å². The standard InChI is InChI=1S/C33H42F3N11O9/c1-20(2)19-56-30(51)24(7-8-25(48)39-9-11-53-13-15-55-16-14-54-12-10-41-46-38)43-28(49)21-3-5-23(6-4-21)47(31(52)33(34,35)36)18-22-17-40-27-26(42-22)29(50)45-32(37)44-27/h3-6,17,20,24H,7-16,18-19H2,1-2H3,(H,39,48)(H,43,49)(H3,37,40,44,45,50)/t24-/m0/s1. The van der Waals surface area contributed by atoms with E-state index in [0.717, 1.165) is 30.5 Å². The molecule has 2 heterocycles. The number of halogens is 3. The normalized spacial score (nSPS) is 11.8. The number of carbonyl (C=O) groups is 4. The summed E-state index contributed by atoms with van der Waals surface area (Å²) in [6.07, 6.45) is -4.59. The summed E-state index contributed by atoms with van der Waals surface area (Å²) in [7, 11) is 0. The molecule has 0 aliphatic heterocycles. The van der Waals surface area contributed by atoms with Gasteiger partial charge in [0.05, 0.1) is 64.7 Å². The zero-order valence-electron chi connectivity index (χ0n) is 30.5. The van der Waals surface area contributed by atoms with Gasteiger partial charge in [0.1, 0.15) is 6.04 Å². The number of esters is 1. The van der Waals surface area contributed by atoms with Crippen molar-refractivity contribution in [2.24, 2.45) is 11.0 Å². The lowest BCUT2D eigenvalue weighted by atomic mass is 10.1. The number of hydrogen-bond donors (Lipinski definition) is 4. The molecule has 20 nitrogen and oxygen atoms in total. The Labute approximate surface area is 317 Å². The Balaban J connectivity index is 1.58. The topological polar surface area (TPSA) is 279 Å². The summed E-state index contributed by atoms with van der Waals surface area (Å²) in [6, 6.07) is 3.19. The van der Waals surface area contributed by atoms with Crippen molar-refractivity contribution >= 4 is 46.5 Å². The van der Waals surface area contributed by atoms with Crippen molar-refractivity contribution in [2.45, 2.75) is 45.5 Å². The number of azide groups is 1. The quantitative estimate of drug-likeness (QED) is 0.0352. The molecular formula is C33H42F3N11O9. The monoisotopic (exact) mass is 793 g/mol. The SMILES string of the molecule is CC(C)COC(=O)[C@H](CCC(=O)NCCOCCOCCOCCN=[N+]=[N-])NC(=O)c1ccc(N(Cc2cnc3nc(N)[nH]c(=O)c3n2)C(=O)C(F)(F)F)cc1. The van der Waals surface area contributed by atoms with E-state index in [-0.39, 0.29) is 92.3 Å². The summed E-state index contributed by atoms with van der Waals surface area (Å²) in [4.78, 5) is 80.2. The van der Waals surface area contributed by atoms with Crippen LogP contribution in [0.5, 0.6) is 0 Å². The van der Waals surface area contributed by atoms with Crippen LogP contribution in [0.3, 0.4) is 0 Å². The molecule has 0 saturated carbocycles. The molecule has 3 aromatic rings. The van der Waals surface area contributed by atoms with Crippen LogP contribution in [0.15, 0.2) is 40.4 Å². The Morgan fingerprint density at radius 2 is 1.68 bits per heavy atom. The van der Waals surface area contributed by atoms with Gasteiger partial charge in [0.2, 0.25) is 11.9 Å². The number of rotatable bonds is 23. The predicted molar refractivity (Wildman–Crippen MR) is 192 cm³/mol. The molecule has 304 valence electrons. The van der Waals surface area contributed by atoms with Crippen molar-refractivity contribution in [3.05, 3.63) is 62.5 Å². The molecular weight excluding hydrogens is 751 g/mol. The zero-order chi connectivity index (χ0) is 41.1. The second-order valence-corrected chi connectivity index (χ2v) is 12.2. The van der Waals surface area contributed by atoms with E-state index in [1.54, 1.807) is 0 Å². The summed E-state index contributed by atoms with van der Waals surface area (Å²) >= 11 is 0. The molecule has 5 N–H and O–H groups in total. The molecule has 2 aromatic heterocycles. The summed E-state index contributed by atoms with van der Waals surface area (Å²) in [6.45, 7) is 4.96. The van der Waals surface area contributed by atoms with Gasteiger partial charge in [-0.2, -0.15) is 18.2 Å². The number of H-pyrrole nitrogens is 1. The van der Waals surface area contributed by atoms with Gasteiger partial charge in [-0.3, -0.25) is 29.1 Å². The van der Waals surface area contributed by atoms with E-state index in [0.29, 0.717) is 24.7 Å². The van der Waals surface area contributed by atoms with Crippen LogP contribution < -0.4 is 26.8 Å². The Kier molecular flexibility index (Phi) is 17.9. The van der Waals surface area contributed by atoms with Gasteiger partial charge < -0.3 is 35.3 Å². The van der Waals surface area contributed by atoms with Crippen LogP contribution in [0.2, 0.25) is 0 Å². The summed E-state index contributed by atoms with van der Waals surface area (Å²) in [5.74, 6) is -4.57. The van der Waals surface area contributed by atoms with Crippen molar-refractivity contribution in [3.8, 4) is 0 Å². The van der Waals surface area contributed by atoms with E-state index in [4.69, 9.17) is 30.2 Å². The fourth-order valence-corrected chi connectivity index (χ4v) is 4.59. The highest BCUT2D eigenvalue weighted by Gasteiger charge is 2.43. The van der Waals surface area contributed by atoms with E-state index in [1.807, 2.05) is 13.8 Å². The molecule has 0 aliphatic carbocycles. The first-order valence-electron chi connectivity index (χ1n) is 17.2. The minimum atomic E-state index is -5.31. The maximum atomic E-state index is 13.7. The smallest absolute Gasteiger partial charge is 0.464 e. The lowest BCUT2D eigenvalue weighted by molar-refractivity contribution is -0.170. The number of carbonyl (C=O) groups excluding carboxylic acids is 4. The van der Waals surface area contributed by atoms with Crippen molar-refractivity contribution in [3.63, 3.8) is 0 Å². The van der Waals surface area contributed by atoms with Crippen LogP contribution in [0.4, 0.5) is 24.8 Å². The van der Waals surface area contributed by atoms with Crippen LogP contribution in [0, 0.1) is 5.92 Å². The number of nitrogens with two attached hydrogens (primary N) is 1. The molecule has 1 aromatic carbocycles. The Hall–Kier alpha value is -5.90. The number of anilines is 2. The summed E-state index contributed by atoms with van der Waals surface area (Å²) in [5, 5.41) is 8.49. The number of fused-ring (bicyclic) bond motifs is 1. The molecule has 0 unspecified atom stereocenters. The van der Waals surface area contributed by atoms with Gasteiger partial charge in [0.15, 0.2) is 11.2 Å². The molecule has 0 bridgehead atoms. The van der Waals surface area contributed by atoms with E-state index in [1.165, 1.54) is 0 Å². The maximum absolute atomic E-state index is 13.7. The van der Waals surface area contributed by atoms with Crippen LogP contribution >= 0.6 is 0 Å². The molecule has 1 atom stereocenters. The second kappa shape index (κ2) is 22.5. The van der Waals surface area contributed by atoms with Crippen LogP contribution in [0.25, 0.3) is 21.6 Å².